The lowest BCUT2D eigenvalue weighted by Gasteiger charge is -2.29. The van der Waals surface area contributed by atoms with Gasteiger partial charge in [0.1, 0.15) is 13.6 Å². The number of carbonyl (C=O) groups is 1. The quantitative estimate of drug-likeness (QED) is 0.602. The van der Waals surface area contributed by atoms with Crippen molar-refractivity contribution in [3.05, 3.63) is 47.2 Å². The van der Waals surface area contributed by atoms with Crippen molar-refractivity contribution in [2.75, 3.05) is 38.3 Å². The number of thiophene rings is 1. The maximum absolute atomic E-state index is 13.0. The van der Waals surface area contributed by atoms with Crippen LogP contribution in [0.4, 0.5) is 5.69 Å². The summed E-state index contributed by atoms with van der Waals surface area (Å²) in [5.41, 5.74) is 0.594. The van der Waals surface area contributed by atoms with Crippen molar-refractivity contribution in [1.82, 2.24) is 15.5 Å². The van der Waals surface area contributed by atoms with Crippen LogP contribution in [0.3, 0.4) is 0 Å². The lowest BCUT2D eigenvalue weighted by molar-refractivity contribution is 0.0919. The summed E-state index contributed by atoms with van der Waals surface area (Å²) >= 11 is 1.52. The summed E-state index contributed by atoms with van der Waals surface area (Å²) in [5, 5.41) is 13.2. The summed E-state index contributed by atoms with van der Waals surface area (Å²) in [6, 6.07) is 9.42. The molecule has 2 aromatic heterocycles. The third kappa shape index (κ3) is 4.19. The van der Waals surface area contributed by atoms with Gasteiger partial charge in [-0.2, -0.15) is 0 Å². The first-order valence-electron chi connectivity index (χ1n) is 9.69. The van der Waals surface area contributed by atoms with Gasteiger partial charge in [0, 0.05) is 24.8 Å². The van der Waals surface area contributed by atoms with E-state index < -0.39 is 5.44 Å². The maximum atomic E-state index is 13.0. The Balaban J connectivity index is 1.52. The monoisotopic (exact) mass is 426 g/mol. The molecule has 0 aliphatic carbocycles. The van der Waals surface area contributed by atoms with Crippen molar-refractivity contribution in [3.8, 4) is 16.5 Å². The van der Waals surface area contributed by atoms with Crippen LogP contribution < -0.4 is 15.0 Å². The fraction of sp³-hybridized carbons (Fsp3) is 0.350. The number of carbonyl (C=O) groups excluding carboxylic acids is 1. The molecule has 1 aliphatic rings. The zero-order valence-electron chi connectivity index (χ0n) is 17.2. The third-order valence-electron chi connectivity index (χ3n) is 4.92. The van der Waals surface area contributed by atoms with Gasteiger partial charge in [0.15, 0.2) is 0 Å². The van der Waals surface area contributed by atoms with E-state index in [9.17, 15) is 4.79 Å². The number of amides is 1. The second-order valence-corrected chi connectivity index (χ2v) is 8.40. The van der Waals surface area contributed by atoms with Gasteiger partial charge >= 0.3 is 0 Å². The van der Waals surface area contributed by atoms with Crippen LogP contribution in [0.1, 0.15) is 23.2 Å². The minimum Gasteiger partial charge on any atom is -0.496 e. The van der Waals surface area contributed by atoms with E-state index in [1.54, 1.807) is 13.2 Å². The molecule has 156 valence electrons. The van der Waals surface area contributed by atoms with Gasteiger partial charge < -0.3 is 24.1 Å². The zero-order valence-corrected chi connectivity index (χ0v) is 18.0. The summed E-state index contributed by atoms with van der Waals surface area (Å²) in [7, 11) is 3.39. The van der Waals surface area contributed by atoms with Crippen LogP contribution in [-0.4, -0.2) is 57.4 Å². The fourth-order valence-corrected chi connectivity index (χ4v) is 3.91. The molecule has 1 atom stereocenters. The van der Waals surface area contributed by atoms with E-state index in [1.807, 2.05) is 44.4 Å². The summed E-state index contributed by atoms with van der Waals surface area (Å²) in [6.07, 6.45) is 0. The molecule has 1 N–H and O–H groups in total. The average molecular weight is 426 g/mol. The van der Waals surface area contributed by atoms with E-state index >= 15 is 0 Å². The molecule has 1 amide bonds. The highest BCUT2D eigenvalue weighted by Crippen LogP contribution is 2.29. The minimum absolute atomic E-state index is 0.277. The van der Waals surface area contributed by atoms with Crippen LogP contribution in [0.15, 0.2) is 40.1 Å². The Bertz CT molecular complexity index is 1020. The van der Waals surface area contributed by atoms with Gasteiger partial charge in [-0.15, -0.1) is 21.5 Å². The number of morpholine rings is 1. The Labute approximate surface area is 179 Å². The molecule has 1 fully saturated rings. The number of nitrogens with one attached hydrogen (secondary N) is 1. The molecule has 30 heavy (non-hydrogen) atoms. The van der Waals surface area contributed by atoms with Gasteiger partial charge in [0.05, 0.1) is 36.2 Å². The number of rotatable bonds is 6. The largest absolute Gasteiger partial charge is 0.496 e. The number of methoxy groups -OCH3 is 1. The molecule has 0 radical (unpaired) electrons. The van der Waals surface area contributed by atoms with Gasteiger partial charge in [-0.1, -0.05) is 6.07 Å². The molecule has 10 heteroatoms. The van der Waals surface area contributed by atoms with Gasteiger partial charge in [-0.05, 0) is 30.5 Å². The second kappa shape index (κ2) is 8.49. The lowest BCUT2D eigenvalue weighted by atomic mass is 9.79. The van der Waals surface area contributed by atoms with Crippen LogP contribution in [0.25, 0.3) is 10.8 Å². The highest BCUT2D eigenvalue weighted by Gasteiger charge is 2.31. The number of anilines is 1. The molecule has 3 heterocycles. The Morgan fingerprint density at radius 3 is 2.80 bits per heavy atom. The van der Waals surface area contributed by atoms with Gasteiger partial charge in [0.25, 0.3) is 11.8 Å². The van der Waals surface area contributed by atoms with Crippen LogP contribution >= 0.6 is 11.3 Å². The molecule has 1 aromatic carbocycles. The second-order valence-electron chi connectivity index (χ2n) is 7.45. The molecule has 1 saturated heterocycles. The van der Waals surface area contributed by atoms with E-state index in [0.29, 0.717) is 36.3 Å². The fourth-order valence-electron chi connectivity index (χ4n) is 3.27. The first-order valence-corrected chi connectivity index (χ1v) is 10.6. The van der Waals surface area contributed by atoms with Crippen molar-refractivity contribution in [2.45, 2.75) is 12.4 Å². The van der Waals surface area contributed by atoms with Crippen LogP contribution in [0.2, 0.25) is 0 Å². The normalized spacial score (nSPS) is 16.1. The molecule has 0 saturated carbocycles. The van der Waals surface area contributed by atoms with Crippen LogP contribution in [0, 0.1) is 0 Å². The van der Waals surface area contributed by atoms with Crippen LogP contribution in [0.5, 0.6) is 5.75 Å². The summed E-state index contributed by atoms with van der Waals surface area (Å²) < 4.78 is 16.7. The molecule has 1 aliphatic heterocycles. The van der Waals surface area contributed by atoms with Gasteiger partial charge in [-0.25, -0.2) is 0 Å². The summed E-state index contributed by atoms with van der Waals surface area (Å²) in [6.45, 7) is 4.83. The van der Waals surface area contributed by atoms with E-state index in [4.69, 9.17) is 13.9 Å². The minimum atomic E-state index is -0.854. The molecule has 1 unspecified atom stereocenters. The Kier molecular flexibility index (Phi) is 5.78. The average Bonchev–Trinajstić information content (AvgIpc) is 3.45. The highest BCUT2D eigenvalue weighted by atomic mass is 32.1. The van der Waals surface area contributed by atoms with E-state index in [1.165, 1.54) is 11.3 Å². The molecular weight excluding hydrogens is 403 g/mol. The first kappa shape index (κ1) is 20.4. The Morgan fingerprint density at radius 1 is 1.30 bits per heavy atom. The predicted octanol–water partition coefficient (Wildman–Crippen LogP) is 1.88. The van der Waals surface area contributed by atoms with Crippen molar-refractivity contribution in [1.29, 1.82) is 0 Å². The molecule has 8 nitrogen and oxygen atoms in total. The molecule has 4 rings (SSSR count). The van der Waals surface area contributed by atoms with Gasteiger partial charge in [-0.3, -0.25) is 4.79 Å². The standard InChI is InChI=1S/C20H23BN4O4S/c1-20(21,19-24-23-18(29-19)16-4-3-11-30-16)22-17(26)14-6-5-13(12-15(14)27-2)25-7-9-28-10-8-25/h3-6,11-12H,7-10,21H2,1-2H3,(H,22,26). The maximum Gasteiger partial charge on any atom is 0.257 e. The number of ether oxygens (including phenoxy) is 2. The first-order chi connectivity index (χ1) is 14.5. The smallest absolute Gasteiger partial charge is 0.257 e. The van der Waals surface area contributed by atoms with E-state index in [-0.39, 0.29) is 5.91 Å². The zero-order chi connectivity index (χ0) is 21.1. The summed E-state index contributed by atoms with van der Waals surface area (Å²) in [5.74, 6) is 1.01. The number of hydrogen-bond donors (Lipinski definition) is 1. The molecule has 0 spiro atoms. The predicted molar refractivity (Wildman–Crippen MR) is 117 cm³/mol. The van der Waals surface area contributed by atoms with Crippen LogP contribution in [-0.2, 0) is 10.2 Å². The van der Waals surface area contributed by atoms with Crippen molar-refractivity contribution >= 4 is 30.8 Å². The third-order valence-corrected chi connectivity index (χ3v) is 5.78. The Morgan fingerprint density at radius 2 is 2.10 bits per heavy atom. The van der Waals surface area contributed by atoms with Gasteiger partial charge in [0.2, 0.25) is 5.89 Å². The topological polar surface area (TPSA) is 89.7 Å². The highest BCUT2D eigenvalue weighted by molar-refractivity contribution is 7.13. The van der Waals surface area contributed by atoms with Crippen molar-refractivity contribution in [2.24, 2.45) is 0 Å². The van der Waals surface area contributed by atoms with E-state index in [2.05, 4.69) is 20.4 Å². The molecule has 3 aromatic rings. The number of benzene rings is 1. The van der Waals surface area contributed by atoms with Crippen molar-refractivity contribution in [3.63, 3.8) is 0 Å². The molecule has 0 bridgehead atoms. The number of aromatic nitrogens is 2. The lowest BCUT2D eigenvalue weighted by Crippen LogP contribution is -2.44. The SMILES string of the molecule is BC(C)(NC(=O)c1ccc(N2CCOCC2)cc1OC)c1nnc(-c2cccs2)o1. The number of nitrogens with zero attached hydrogens (tertiary/aromatic N) is 3. The number of hydrogen-bond acceptors (Lipinski definition) is 8. The Hall–Kier alpha value is -2.85. The summed E-state index contributed by atoms with van der Waals surface area (Å²) in [4.78, 5) is 16.1. The molecular formula is C20H23BN4O4S. The van der Waals surface area contributed by atoms with E-state index in [0.717, 1.165) is 23.7 Å². The van der Waals surface area contributed by atoms with Crippen molar-refractivity contribution < 1.29 is 18.7 Å².